The average molecular weight is 552 g/mol. The first kappa shape index (κ1) is 28.0. The number of fused-ring (bicyclic) bond motifs is 3. The molecular formula is C30H33NO9. The Bertz CT molecular complexity index is 1490. The maximum absolute atomic E-state index is 13.2. The Morgan fingerprint density at radius 1 is 1.05 bits per heavy atom. The van der Waals surface area contributed by atoms with Crippen molar-refractivity contribution in [3.8, 4) is 29.1 Å². The number of benzene rings is 2. The summed E-state index contributed by atoms with van der Waals surface area (Å²) >= 11 is 0. The second-order valence-corrected chi connectivity index (χ2v) is 10.2. The van der Waals surface area contributed by atoms with Gasteiger partial charge in [0, 0.05) is 30.8 Å². The molecule has 7 unspecified atom stereocenters. The molecular weight excluding hydrogens is 518 g/mol. The molecule has 2 aromatic carbocycles. The minimum atomic E-state index is -1.72. The second kappa shape index (κ2) is 11.1. The first-order valence-electron chi connectivity index (χ1n) is 13.2. The lowest BCUT2D eigenvalue weighted by Gasteiger charge is -2.43. The number of carbonyl (C=O) groups is 1. The molecule has 1 saturated heterocycles. The summed E-state index contributed by atoms with van der Waals surface area (Å²) in [5.74, 6) is 4.83. The van der Waals surface area contributed by atoms with Crippen molar-refractivity contribution < 1.29 is 44.5 Å². The van der Waals surface area contributed by atoms with Crippen LogP contribution in [0.25, 0.3) is 10.8 Å². The Labute approximate surface area is 231 Å². The molecule has 3 heterocycles. The number of hydrogen-bond donors (Lipinski definition) is 6. The van der Waals surface area contributed by atoms with Crippen LogP contribution in [-0.4, -0.2) is 80.2 Å². The van der Waals surface area contributed by atoms with Gasteiger partial charge in [0.05, 0.1) is 30.6 Å². The van der Waals surface area contributed by atoms with Crippen LogP contribution in [0.1, 0.15) is 52.7 Å². The molecule has 0 radical (unpaired) electrons. The molecule has 0 amide bonds. The van der Waals surface area contributed by atoms with Gasteiger partial charge in [0.1, 0.15) is 41.7 Å². The van der Waals surface area contributed by atoms with Crippen LogP contribution in [0.2, 0.25) is 0 Å². The van der Waals surface area contributed by atoms with Gasteiger partial charge in [0.25, 0.3) is 0 Å². The molecule has 40 heavy (non-hydrogen) atoms. The van der Waals surface area contributed by atoms with Crippen LogP contribution in [0.15, 0.2) is 30.6 Å². The fraction of sp³-hybridized carbons (Fsp3) is 0.433. The Balaban J connectivity index is 1.69. The van der Waals surface area contributed by atoms with Crippen molar-refractivity contribution in [1.82, 2.24) is 4.98 Å². The highest BCUT2D eigenvalue weighted by Crippen LogP contribution is 2.43. The highest BCUT2D eigenvalue weighted by Gasteiger charge is 2.49. The third kappa shape index (κ3) is 4.80. The number of phenols is 1. The van der Waals surface area contributed by atoms with E-state index in [4.69, 9.17) is 14.2 Å². The first-order valence-corrected chi connectivity index (χ1v) is 13.2. The maximum atomic E-state index is 13.2. The number of phenolic OH excluding ortho intramolecular Hbond substituents is 1. The summed E-state index contributed by atoms with van der Waals surface area (Å²) in [4.78, 5) is 16.3. The fourth-order valence-electron chi connectivity index (χ4n) is 5.65. The van der Waals surface area contributed by atoms with Gasteiger partial charge in [-0.2, -0.15) is 0 Å². The van der Waals surface area contributed by atoms with E-state index < -0.39 is 48.5 Å². The summed E-state index contributed by atoms with van der Waals surface area (Å²) < 4.78 is 17.4. The maximum Gasteiger partial charge on any atom is 0.229 e. The molecule has 212 valence electrons. The number of hydrogen-bond acceptors (Lipinski definition) is 9. The van der Waals surface area contributed by atoms with Crippen LogP contribution in [0.3, 0.4) is 0 Å². The molecule has 2 aliphatic rings. The van der Waals surface area contributed by atoms with Crippen molar-refractivity contribution in [2.45, 2.75) is 75.8 Å². The van der Waals surface area contributed by atoms with E-state index in [0.717, 1.165) is 11.1 Å². The van der Waals surface area contributed by atoms with Crippen molar-refractivity contribution in [3.05, 3.63) is 52.8 Å². The molecule has 4 bridgehead atoms. The number of ether oxygens (including phenoxy) is 3. The second-order valence-electron chi connectivity index (χ2n) is 10.2. The quantitative estimate of drug-likeness (QED) is 0.268. The molecule has 3 aromatic rings. The Morgan fingerprint density at radius 3 is 2.55 bits per heavy atom. The standard InChI is InChI=1S/C30H33NO9/c1-4-15-12-31-13-19(15)18-7-5-6-8-20(32)22-14(2)9-16-10-17(38-3)11-21(23(16)25(22)34)39-30-28(37)26(35)27(36)29(40-30)24(18)33/h9-13,18,24,26-31,33-37H,4,7-8H2,1-3H3. The zero-order chi connectivity index (χ0) is 28.7. The molecule has 0 saturated carbocycles. The molecule has 6 N–H and O–H groups in total. The monoisotopic (exact) mass is 551 g/mol. The van der Waals surface area contributed by atoms with Gasteiger partial charge < -0.3 is 44.7 Å². The number of Topliss-reactive ketones (excluding diaryl/α,β-unsaturated/α-hetero) is 1. The van der Waals surface area contributed by atoms with Gasteiger partial charge in [0.15, 0.2) is 5.78 Å². The Hall–Kier alpha value is -3.59. The Morgan fingerprint density at radius 2 is 1.82 bits per heavy atom. The molecule has 1 aromatic heterocycles. The molecule has 2 aliphatic heterocycles. The van der Waals surface area contributed by atoms with E-state index in [2.05, 4.69) is 16.8 Å². The number of ketones is 1. The molecule has 7 atom stereocenters. The lowest BCUT2D eigenvalue weighted by molar-refractivity contribution is -0.289. The molecule has 10 heteroatoms. The number of H-pyrrole nitrogens is 1. The number of aliphatic hydroxyl groups excluding tert-OH is 4. The third-order valence-electron chi connectivity index (χ3n) is 7.80. The summed E-state index contributed by atoms with van der Waals surface area (Å²) in [6.45, 7) is 3.67. The Kier molecular flexibility index (Phi) is 7.77. The van der Waals surface area contributed by atoms with E-state index in [1.165, 1.54) is 13.2 Å². The third-order valence-corrected chi connectivity index (χ3v) is 7.80. The zero-order valence-electron chi connectivity index (χ0n) is 22.4. The highest BCUT2D eigenvalue weighted by atomic mass is 16.7. The largest absolute Gasteiger partial charge is 0.506 e. The number of nitrogens with one attached hydrogen (secondary N) is 1. The fourth-order valence-corrected chi connectivity index (χ4v) is 5.65. The lowest BCUT2D eigenvalue weighted by atomic mass is 9.82. The van der Waals surface area contributed by atoms with Gasteiger partial charge in [-0.25, -0.2) is 0 Å². The summed E-state index contributed by atoms with van der Waals surface area (Å²) in [5.41, 5.74) is 2.29. The number of methoxy groups -OCH3 is 1. The van der Waals surface area contributed by atoms with Gasteiger partial charge in [-0.3, -0.25) is 4.79 Å². The summed E-state index contributed by atoms with van der Waals surface area (Å²) in [7, 11) is 1.45. The molecule has 0 spiro atoms. The molecule has 5 rings (SSSR count). The zero-order valence-corrected chi connectivity index (χ0v) is 22.4. The van der Waals surface area contributed by atoms with Crippen molar-refractivity contribution in [2.24, 2.45) is 0 Å². The van der Waals surface area contributed by atoms with Crippen LogP contribution in [0.5, 0.6) is 17.2 Å². The first-order chi connectivity index (χ1) is 19.2. The minimum Gasteiger partial charge on any atom is -0.506 e. The summed E-state index contributed by atoms with van der Waals surface area (Å²) in [6.07, 6.45) is -5.23. The summed E-state index contributed by atoms with van der Waals surface area (Å²) in [6, 6.07) is 4.83. The SMILES string of the molecule is CCc1c[nH]cc1C1CC#CCC(=O)c2c(C)cc3cc(OC)cc(c3c2O)OC2OC(C1O)C(O)C(O)C2O. The molecule has 1 fully saturated rings. The van der Waals surface area contributed by atoms with Gasteiger partial charge >= 0.3 is 0 Å². The number of aryl methyl sites for hydroxylation is 2. The number of aliphatic hydroxyl groups is 4. The van der Waals surface area contributed by atoms with Gasteiger partial charge in [0.2, 0.25) is 6.29 Å². The minimum absolute atomic E-state index is 0.0122. The van der Waals surface area contributed by atoms with E-state index in [0.29, 0.717) is 23.1 Å². The molecule has 10 nitrogen and oxygen atoms in total. The van der Waals surface area contributed by atoms with Crippen molar-refractivity contribution >= 4 is 16.6 Å². The van der Waals surface area contributed by atoms with Crippen molar-refractivity contribution in [2.75, 3.05) is 7.11 Å². The van der Waals surface area contributed by atoms with Crippen LogP contribution in [0, 0.1) is 18.8 Å². The van der Waals surface area contributed by atoms with Gasteiger partial charge in [-0.15, -0.1) is 5.92 Å². The van der Waals surface area contributed by atoms with E-state index in [1.54, 1.807) is 25.3 Å². The van der Waals surface area contributed by atoms with Gasteiger partial charge in [-0.1, -0.05) is 18.9 Å². The van der Waals surface area contributed by atoms with Crippen LogP contribution >= 0.6 is 0 Å². The van der Waals surface area contributed by atoms with Crippen LogP contribution < -0.4 is 9.47 Å². The van der Waals surface area contributed by atoms with E-state index >= 15 is 0 Å². The number of aromatic nitrogens is 1. The number of rotatable bonds is 3. The number of aromatic hydroxyl groups is 1. The normalized spacial score (nSPS) is 28.8. The predicted octanol–water partition coefficient (Wildman–Crippen LogP) is 2.06. The summed E-state index contributed by atoms with van der Waals surface area (Å²) in [5, 5.41) is 56.0. The lowest BCUT2D eigenvalue weighted by Crippen LogP contribution is -2.62. The average Bonchev–Trinajstić information content (AvgIpc) is 3.40. The van der Waals surface area contributed by atoms with E-state index in [-0.39, 0.29) is 35.3 Å². The van der Waals surface area contributed by atoms with E-state index in [9.17, 15) is 30.3 Å². The highest BCUT2D eigenvalue weighted by molar-refractivity contribution is 6.08. The van der Waals surface area contributed by atoms with E-state index in [1.807, 2.05) is 13.1 Å². The smallest absolute Gasteiger partial charge is 0.229 e. The van der Waals surface area contributed by atoms with Crippen molar-refractivity contribution in [1.29, 1.82) is 0 Å². The van der Waals surface area contributed by atoms with Crippen LogP contribution in [0.4, 0.5) is 0 Å². The molecule has 0 aliphatic carbocycles. The van der Waals surface area contributed by atoms with Gasteiger partial charge in [-0.05, 0) is 41.5 Å². The predicted molar refractivity (Wildman–Crippen MR) is 144 cm³/mol. The number of aromatic amines is 1. The number of carbonyl (C=O) groups excluding carboxylic acids is 1. The van der Waals surface area contributed by atoms with Crippen molar-refractivity contribution in [3.63, 3.8) is 0 Å². The van der Waals surface area contributed by atoms with Crippen LogP contribution in [-0.2, 0) is 11.2 Å². The topological polar surface area (TPSA) is 162 Å².